The Morgan fingerprint density at radius 1 is 0.358 bits per heavy atom. The first-order valence-electron chi connectivity index (χ1n) is 18.1. The van der Waals surface area contributed by atoms with Gasteiger partial charge < -0.3 is 4.57 Å². The molecule has 0 aliphatic carbocycles. The monoisotopic (exact) mass is 673 g/mol. The van der Waals surface area contributed by atoms with E-state index in [-0.39, 0.29) is 0 Å². The van der Waals surface area contributed by atoms with E-state index in [0.29, 0.717) is 5.82 Å². The highest BCUT2D eigenvalue weighted by Gasteiger charge is 2.22. The van der Waals surface area contributed by atoms with Crippen molar-refractivity contribution >= 4 is 64.9 Å². The summed E-state index contributed by atoms with van der Waals surface area (Å²) in [5.41, 5.74) is 8.52. The van der Waals surface area contributed by atoms with E-state index in [1.54, 1.807) is 0 Å². The van der Waals surface area contributed by atoms with Gasteiger partial charge in [-0.05, 0) is 68.7 Å². The van der Waals surface area contributed by atoms with Gasteiger partial charge in [-0.3, -0.25) is 0 Å². The number of rotatable bonds is 4. The van der Waals surface area contributed by atoms with Gasteiger partial charge in [0.1, 0.15) is 0 Å². The number of aromatic nitrogens is 3. The van der Waals surface area contributed by atoms with Crippen molar-refractivity contribution in [3.05, 3.63) is 188 Å². The van der Waals surface area contributed by atoms with Crippen LogP contribution in [-0.4, -0.2) is 14.5 Å². The third kappa shape index (κ3) is 4.61. The predicted octanol–water partition coefficient (Wildman–Crippen LogP) is 13.2. The average Bonchev–Trinajstić information content (AvgIpc) is 3.59. The van der Waals surface area contributed by atoms with Gasteiger partial charge >= 0.3 is 0 Å². The first-order chi connectivity index (χ1) is 26.3. The molecule has 0 atom stereocenters. The predicted molar refractivity (Wildman–Crippen MR) is 223 cm³/mol. The lowest BCUT2D eigenvalue weighted by molar-refractivity contribution is 1.19. The third-order valence-electron chi connectivity index (χ3n) is 10.7. The summed E-state index contributed by atoms with van der Waals surface area (Å²) in [6.07, 6.45) is 0. The normalized spacial score (nSPS) is 11.8. The molecule has 0 unspecified atom stereocenters. The van der Waals surface area contributed by atoms with Gasteiger partial charge in [-0.15, -0.1) is 0 Å². The fourth-order valence-corrected chi connectivity index (χ4v) is 8.39. The van der Waals surface area contributed by atoms with Crippen molar-refractivity contribution in [1.82, 2.24) is 14.5 Å². The first-order valence-corrected chi connectivity index (χ1v) is 18.1. The molecule has 0 N–H and O–H groups in total. The van der Waals surface area contributed by atoms with Gasteiger partial charge in [0.2, 0.25) is 0 Å². The zero-order valence-corrected chi connectivity index (χ0v) is 28.7. The SMILES string of the molecule is c1ccc(-c2cc(-c3cc4c5ccccc5c5c(c6ccccc6n5-c5ccccc5)c4c4ccccc34)nc(-c3ccc4ccccc4c3)n2)cc1. The summed E-state index contributed by atoms with van der Waals surface area (Å²) >= 11 is 0. The van der Waals surface area contributed by atoms with E-state index in [9.17, 15) is 0 Å². The fourth-order valence-electron chi connectivity index (χ4n) is 8.39. The van der Waals surface area contributed by atoms with Crippen molar-refractivity contribution in [3.63, 3.8) is 0 Å². The van der Waals surface area contributed by atoms with Crippen LogP contribution in [0.25, 0.3) is 104 Å². The summed E-state index contributed by atoms with van der Waals surface area (Å²) in [4.78, 5) is 10.6. The van der Waals surface area contributed by atoms with E-state index >= 15 is 0 Å². The highest BCUT2D eigenvalue weighted by Crippen LogP contribution is 2.47. The molecule has 2 aromatic heterocycles. The Morgan fingerprint density at radius 3 is 1.79 bits per heavy atom. The zero-order valence-electron chi connectivity index (χ0n) is 28.7. The van der Waals surface area contributed by atoms with Gasteiger partial charge in [-0.2, -0.15) is 0 Å². The molecule has 9 aromatic carbocycles. The lowest BCUT2D eigenvalue weighted by atomic mass is 9.89. The minimum atomic E-state index is 0.711. The maximum Gasteiger partial charge on any atom is 0.160 e. The topological polar surface area (TPSA) is 30.7 Å². The number of fused-ring (bicyclic) bond motifs is 11. The minimum Gasteiger partial charge on any atom is -0.309 e. The Bertz CT molecular complexity index is 3210. The summed E-state index contributed by atoms with van der Waals surface area (Å²) in [6, 6.07) is 67.3. The van der Waals surface area contributed by atoms with Crippen molar-refractivity contribution < 1.29 is 0 Å². The van der Waals surface area contributed by atoms with E-state index in [1.165, 1.54) is 59.5 Å². The molecule has 0 saturated heterocycles. The summed E-state index contributed by atoms with van der Waals surface area (Å²) < 4.78 is 2.45. The Labute approximate surface area is 306 Å². The van der Waals surface area contributed by atoms with Crippen LogP contribution in [0.1, 0.15) is 0 Å². The van der Waals surface area contributed by atoms with E-state index in [4.69, 9.17) is 9.97 Å². The van der Waals surface area contributed by atoms with Crippen molar-refractivity contribution in [2.45, 2.75) is 0 Å². The van der Waals surface area contributed by atoms with Crippen LogP contribution in [0, 0.1) is 0 Å². The van der Waals surface area contributed by atoms with E-state index in [2.05, 4.69) is 187 Å². The number of para-hydroxylation sites is 2. The molecule has 0 bridgehead atoms. The highest BCUT2D eigenvalue weighted by molar-refractivity contribution is 6.38. The van der Waals surface area contributed by atoms with Gasteiger partial charge in [0.05, 0.1) is 22.4 Å². The maximum atomic E-state index is 5.38. The van der Waals surface area contributed by atoms with Crippen molar-refractivity contribution in [2.24, 2.45) is 0 Å². The van der Waals surface area contributed by atoms with E-state index < -0.39 is 0 Å². The largest absolute Gasteiger partial charge is 0.309 e. The minimum absolute atomic E-state index is 0.711. The molecule has 0 amide bonds. The van der Waals surface area contributed by atoms with Crippen LogP contribution in [0.5, 0.6) is 0 Å². The summed E-state index contributed by atoms with van der Waals surface area (Å²) in [5.74, 6) is 0.711. The quantitative estimate of drug-likeness (QED) is 0.174. The van der Waals surface area contributed by atoms with Crippen LogP contribution < -0.4 is 0 Å². The molecule has 0 saturated carbocycles. The molecule has 0 radical (unpaired) electrons. The second kappa shape index (κ2) is 11.7. The lowest BCUT2D eigenvalue weighted by Gasteiger charge is -2.17. The number of hydrogen-bond donors (Lipinski definition) is 0. The number of benzene rings is 9. The first kappa shape index (κ1) is 29.6. The van der Waals surface area contributed by atoms with Gasteiger partial charge in [0.15, 0.2) is 5.82 Å². The smallest absolute Gasteiger partial charge is 0.160 e. The molecule has 53 heavy (non-hydrogen) atoms. The van der Waals surface area contributed by atoms with Crippen molar-refractivity contribution in [1.29, 1.82) is 0 Å². The maximum absolute atomic E-state index is 5.38. The fraction of sp³-hybridized carbons (Fsp3) is 0. The molecule has 11 aromatic rings. The van der Waals surface area contributed by atoms with Crippen LogP contribution in [0.3, 0.4) is 0 Å². The van der Waals surface area contributed by atoms with Gasteiger partial charge in [-0.1, -0.05) is 152 Å². The molecule has 0 aliphatic rings. The van der Waals surface area contributed by atoms with Gasteiger partial charge in [0, 0.05) is 43.9 Å². The Kier molecular flexibility index (Phi) is 6.55. The molecule has 2 heterocycles. The standard InChI is InChI=1S/C50H31N3/c1-3-16-33(17-4-1)44-31-45(52-50(51-44)35-28-27-32-15-7-8-18-34(32)29-35)42-30-43-38-22-10-12-24-40(38)49-48(47(43)39-23-11-9-21-37(39)42)41-25-13-14-26-46(41)53(49)36-19-5-2-6-20-36/h1-31H. The molecule has 0 aliphatic heterocycles. The Morgan fingerprint density at radius 2 is 0.981 bits per heavy atom. The van der Waals surface area contributed by atoms with E-state index in [0.717, 1.165) is 39.2 Å². The molecular weight excluding hydrogens is 643 g/mol. The molecule has 3 nitrogen and oxygen atoms in total. The molecular formula is C50H31N3. The van der Waals surface area contributed by atoms with Crippen molar-refractivity contribution in [3.8, 4) is 39.6 Å². The third-order valence-corrected chi connectivity index (χ3v) is 10.7. The number of hydrogen-bond acceptors (Lipinski definition) is 2. The van der Waals surface area contributed by atoms with Crippen LogP contribution in [0.15, 0.2) is 188 Å². The van der Waals surface area contributed by atoms with Crippen LogP contribution >= 0.6 is 0 Å². The van der Waals surface area contributed by atoms with E-state index in [1.807, 2.05) is 6.07 Å². The van der Waals surface area contributed by atoms with Crippen LogP contribution in [-0.2, 0) is 0 Å². The molecule has 0 spiro atoms. The molecule has 246 valence electrons. The second-order valence-electron chi connectivity index (χ2n) is 13.7. The van der Waals surface area contributed by atoms with Crippen LogP contribution in [0.2, 0.25) is 0 Å². The molecule has 11 rings (SSSR count). The van der Waals surface area contributed by atoms with Gasteiger partial charge in [0.25, 0.3) is 0 Å². The summed E-state index contributed by atoms with van der Waals surface area (Å²) in [6.45, 7) is 0. The average molecular weight is 674 g/mol. The summed E-state index contributed by atoms with van der Waals surface area (Å²) in [7, 11) is 0. The zero-order chi connectivity index (χ0) is 34.9. The lowest BCUT2D eigenvalue weighted by Crippen LogP contribution is -1.97. The Hall–Kier alpha value is -7.10. The second-order valence-corrected chi connectivity index (χ2v) is 13.7. The molecule has 0 fully saturated rings. The van der Waals surface area contributed by atoms with Crippen molar-refractivity contribution in [2.75, 3.05) is 0 Å². The summed E-state index contributed by atoms with van der Waals surface area (Å²) in [5, 5.41) is 12.2. The molecule has 3 heteroatoms. The highest BCUT2D eigenvalue weighted by atomic mass is 15.0. The van der Waals surface area contributed by atoms with Crippen LogP contribution in [0.4, 0.5) is 0 Å². The number of nitrogens with zero attached hydrogens (tertiary/aromatic N) is 3. The van der Waals surface area contributed by atoms with Gasteiger partial charge in [-0.25, -0.2) is 9.97 Å². The Balaban J connectivity index is 1.28.